The van der Waals surface area contributed by atoms with Crippen molar-refractivity contribution < 1.29 is 14.3 Å². The van der Waals surface area contributed by atoms with Gasteiger partial charge in [0.05, 0.1) is 11.3 Å². The molecule has 0 aromatic heterocycles. The highest BCUT2D eigenvalue weighted by atomic mass is 79.9. The average molecular weight is 437 g/mol. The number of nitrogens with one attached hydrogen (secondary N) is 1. The van der Waals surface area contributed by atoms with Crippen LogP contribution >= 0.6 is 15.9 Å². The topological polar surface area (TPSA) is 67.8 Å². The Balaban J connectivity index is 1.77. The molecule has 6 heteroatoms. The molecule has 3 aromatic carbocycles. The molecular formula is C22H17BrN2O3. The Hall–Kier alpha value is -3.25. The second-order valence-corrected chi connectivity index (χ2v) is 6.75. The number of hydrogen-bond acceptors (Lipinski definition) is 4. The normalized spacial score (nSPS) is 10.6. The zero-order valence-electron chi connectivity index (χ0n) is 15.1. The molecule has 5 nitrogen and oxygen atoms in total. The zero-order chi connectivity index (χ0) is 19.9. The molecule has 0 aliphatic heterocycles. The third-order valence-electron chi connectivity index (χ3n) is 3.76. The number of carbonyl (C=O) groups is 2. The van der Waals surface area contributed by atoms with Crippen LogP contribution < -0.4 is 10.1 Å². The molecule has 0 fully saturated rings. The van der Waals surface area contributed by atoms with E-state index in [4.69, 9.17) is 4.74 Å². The number of para-hydroxylation sites is 1. The summed E-state index contributed by atoms with van der Waals surface area (Å²) in [5.74, 6) is -0.160. The van der Waals surface area contributed by atoms with Gasteiger partial charge >= 0.3 is 5.97 Å². The van der Waals surface area contributed by atoms with Crippen LogP contribution in [0.2, 0.25) is 0 Å². The van der Waals surface area contributed by atoms with Crippen LogP contribution in [0.15, 0.2) is 82.3 Å². The Morgan fingerprint density at radius 2 is 1.64 bits per heavy atom. The second-order valence-electron chi connectivity index (χ2n) is 5.89. The lowest BCUT2D eigenvalue weighted by Crippen LogP contribution is -2.10. The minimum absolute atomic E-state index is 0.128. The van der Waals surface area contributed by atoms with Crippen LogP contribution in [0, 0.1) is 0 Å². The molecule has 0 aliphatic carbocycles. The van der Waals surface area contributed by atoms with Gasteiger partial charge in [-0.25, -0.2) is 4.79 Å². The third kappa shape index (κ3) is 5.14. The van der Waals surface area contributed by atoms with Crippen molar-refractivity contribution in [2.75, 3.05) is 5.32 Å². The lowest BCUT2D eigenvalue weighted by atomic mass is 10.2. The molecular weight excluding hydrogens is 420 g/mol. The molecule has 28 heavy (non-hydrogen) atoms. The molecule has 0 spiro atoms. The van der Waals surface area contributed by atoms with E-state index in [1.54, 1.807) is 60.8 Å². The first kappa shape index (κ1) is 19.5. The number of esters is 1. The van der Waals surface area contributed by atoms with E-state index in [0.717, 1.165) is 0 Å². The largest absolute Gasteiger partial charge is 0.422 e. The van der Waals surface area contributed by atoms with Crippen molar-refractivity contribution in [3.05, 3.63) is 88.4 Å². The number of nitrogens with zero attached hydrogens (tertiary/aromatic N) is 1. The first-order chi connectivity index (χ1) is 13.5. The molecule has 0 saturated carbocycles. The Kier molecular flexibility index (Phi) is 6.34. The summed E-state index contributed by atoms with van der Waals surface area (Å²) in [5, 5.41) is 2.70. The predicted octanol–water partition coefficient (Wildman–Crippen LogP) is 5.38. The highest BCUT2D eigenvalue weighted by Crippen LogP contribution is 2.22. The first-order valence-electron chi connectivity index (χ1n) is 8.50. The number of carbonyl (C=O) groups excluding carboxylic acids is 2. The van der Waals surface area contributed by atoms with Crippen molar-refractivity contribution in [1.82, 2.24) is 0 Å². The van der Waals surface area contributed by atoms with Crippen molar-refractivity contribution in [2.24, 2.45) is 4.99 Å². The molecule has 1 amide bonds. The molecule has 0 unspecified atom stereocenters. The number of aliphatic imine (C=N–C) groups is 1. The van der Waals surface area contributed by atoms with Crippen LogP contribution in [0.25, 0.3) is 0 Å². The van der Waals surface area contributed by atoms with Gasteiger partial charge in [-0.1, -0.05) is 24.3 Å². The molecule has 1 N–H and O–H groups in total. The summed E-state index contributed by atoms with van der Waals surface area (Å²) in [6.45, 7) is 1.46. The number of halogens is 1. The van der Waals surface area contributed by atoms with Crippen molar-refractivity contribution in [3.63, 3.8) is 0 Å². The van der Waals surface area contributed by atoms with Gasteiger partial charge in [0.25, 0.3) is 0 Å². The van der Waals surface area contributed by atoms with Gasteiger partial charge in [0, 0.05) is 28.9 Å². The fourth-order valence-electron chi connectivity index (χ4n) is 2.44. The van der Waals surface area contributed by atoms with E-state index in [9.17, 15) is 9.59 Å². The number of benzene rings is 3. The van der Waals surface area contributed by atoms with Crippen molar-refractivity contribution in [3.8, 4) is 5.75 Å². The Morgan fingerprint density at radius 3 is 2.36 bits per heavy atom. The van der Waals surface area contributed by atoms with Crippen LogP contribution in [0.4, 0.5) is 11.4 Å². The fraction of sp³-hybridized carbons (Fsp3) is 0.0455. The number of anilines is 1. The lowest BCUT2D eigenvalue weighted by molar-refractivity contribution is -0.114. The molecule has 0 atom stereocenters. The Morgan fingerprint density at radius 1 is 0.964 bits per heavy atom. The van der Waals surface area contributed by atoms with E-state index in [1.165, 1.54) is 6.92 Å². The van der Waals surface area contributed by atoms with Crippen LogP contribution in [0.3, 0.4) is 0 Å². The molecule has 0 aliphatic rings. The fourth-order valence-corrected chi connectivity index (χ4v) is 2.89. The van der Waals surface area contributed by atoms with Gasteiger partial charge in [-0.2, -0.15) is 0 Å². The molecule has 0 bridgehead atoms. The minimum atomic E-state index is -0.451. The van der Waals surface area contributed by atoms with Crippen LogP contribution in [0.1, 0.15) is 22.8 Å². The summed E-state index contributed by atoms with van der Waals surface area (Å²) >= 11 is 3.36. The summed E-state index contributed by atoms with van der Waals surface area (Å²) < 4.78 is 6.23. The number of rotatable bonds is 5. The van der Waals surface area contributed by atoms with Gasteiger partial charge in [0.15, 0.2) is 0 Å². The average Bonchev–Trinajstić information content (AvgIpc) is 2.68. The summed E-state index contributed by atoms with van der Waals surface area (Å²) in [6, 6.07) is 21.4. The maximum absolute atomic E-state index is 12.5. The van der Waals surface area contributed by atoms with Gasteiger partial charge in [-0.05, 0) is 64.5 Å². The van der Waals surface area contributed by atoms with E-state index in [2.05, 4.69) is 26.2 Å². The van der Waals surface area contributed by atoms with Gasteiger partial charge in [-0.3, -0.25) is 9.79 Å². The molecule has 0 radical (unpaired) electrons. The SMILES string of the molecule is CC(=O)Nc1ccc(N=Cc2ccccc2OC(=O)c2ccccc2Br)cc1. The maximum atomic E-state index is 12.5. The van der Waals surface area contributed by atoms with Crippen molar-refractivity contribution in [1.29, 1.82) is 0 Å². The van der Waals surface area contributed by atoms with Gasteiger partial charge in [0.1, 0.15) is 5.75 Å². The Bertz CT molecular complexity index is 1030. The molecule has 0 saturated heterocycles. The van der Waals surface area contributed by atoms with Gasteiger partial charge in [0.2, 0.25) is 5.91 Å². The monoisotopic (exact) mass is 436 g/mol. The maximum Gasteiger partial charge on any atom is 0.344 e. The van der Waals surface area contributed by atoms with E-state index in [0.29, 0.717) is 32.7 Å². The van der Waals surface area contributed by atoms with Crippen LogP contribution in [0.5, 0.6) is 5.75 Å². The van der Waals surface area contributed by atoms with Crippen molar-refractivity contribution >= 4 is 45.4 Å². The number of hydrogen-bond donors (Lipinski definition) is 1. The lowest BCUT2D eigenvalue weighted by Gasteiger charge is -2.08. The summed E-state index contributed by atoms with van der Waals surface area (Å²) in [6.07, 6.45) is 1.63. The molecule has 140 valence electrons. The molecule has 3 rings (SSSR count). The van der Waals surface area contributed by atoms with E-state index in [1.807, 2.05) is 18.2 Å². The molecule has 3 aromatic rings. The highest BCUT2D eigenvalue weighted by Gasteiger charge is 2.13. The van der Waals surface area contributed by atoms with Crippen LogP contribution in [-0.4, -0.2) is 18.1 Å². The third-order valence-corrected chi connectivity index (χ3v) is 4.45. The summed E-state index contributed by atoms with van der Waals surface area (Å²) in [4.78, 5) is 27.9. The first-order valence-corrected chi connectivity index (χ1v) is 9.30. The summed E-state index contributed by atoms with van der Waals surface area (Å²) in [7, 11) is 0. The Labute approximate surface area is 171 Å². The van der Waals surface area contributed by atoms with E-state index < -0.39 is 5.97 Å². The second kappa shape index (κ2) is 9.10. The highest BCUT2D eigenvalue weighted by molar-refractivity contribution is 9.10. The smallest absolute Gasteiger partial charge is 0.344 e. The predicted molar refractivity (Wildman–Crippen MR) is 114 cm³/mol. The summed E-state index contributed by atoms with van der Waals surface area (Å²) in [5.41, 5.74) is 2.53. The van der Waals surface area contributed by atoms with E-state index in [-0.39, 0.29) is 5.91 Å². The molecule has 0 heterocycles. The van der Waals surface area contributed by atoms with E-state index >= 15 is 0 Å². The standard InChI is InChI=1S/C22H17BrN2O3/c1-15(26)25-18-12-10-17(11-13-18)24-14-16-6-2-5-9-21(16)28-22(27)19-7-3-4-8-20(19)23/h2-14H,1H3,(H,25,26). The quantitative estimate of drug-likeness (QED) is 0.331. The zero-order valence-corrected chi connectivity index (χ0v) is 16.6. The van der Waals surface area contributed by atoms with Gasteiger partial charge < -0.3 is 10.1 Å². The number of ether oxygens (including phenoxy) is 1. The number of amides is 1. The van der Waals surface area contributed by atoms with Gasteiger partial charge in [-0.15, -0.1) is 0 Å². The van der Waals surface area contributed by atoms with Crippen LogP contribution in [-0.2, 0) is 4.79 Å². The minimum Gasteiger partial charge on any atom is -0.422 e. The van der Waals surface area contributed by atoms with Crippen molar-refractivity contribution in [2.45, 2.75) is 6.92 Å².